The summed E-state index contributed by atoms with van der Waals surface area (Å²) in [6.45, 7) is 1.76. The van der Waals surface area contributed by atoms with Gasteiger partial charge < -0.3 is 10.4 Å². The fourth-order valence-electron chi connectivity index (χ4n) is 1.79. The summed E-state index contributed by atoms with van der Waals surface area (Å²) >= 11 is 0. The number of rotatable bonds is 3. The van der Waals surface area contributed by atoms with Crippen LogP contribution in [0.5, 0.6) is 0 Å². The maximum Gasteiger partial charge on any atom is 0.336 e. The number of carboxylic acids is 1. The Morgan fingerprint density at radius 3 is 2.40 bits per heavy atom. The largest absolute Gasteiger partial charge is 0.478 e. The lowest BCUT2D eigenvalue weighted by molar-refractivity contribution is 0.0692. The van der Waals surface area contributed by atoms with E-state index in [1.807, 2.05) is 0 Å². The normalized spacial score (nSPS) is 10.1. The molecule has 2 aromatic carbocycles. The van der Waals surface area contributed by atoms with E-state index in [4.69, 9.17) is 5.11 Å². The molecule has 0 unspecified atom stereocenters. The topological polar surface area (TPSA) is 66.4 Å². The molecule has 0 radical (unpaired) electrons. The van der Waals surface area contributed by atoms with Crippen molar-refractivity contribution in [2.45, 2.75) is 6.92 Å². The number of carbonyl (C=O) groups is 2. The van der Waals surface area contributed by atoms with Crippen LogP contribution in [0.1, 0.15) is 26.3 Å². The molecule has 0 saturated heterocycles. The number of aryl methyl sites for hydroxylation is 1. The molecule has 0 fully saturated rings. The number of benzene rings is 2. The Balaban J connectivity index is 2.33. The molecule has 0 heterocycles. The first-order chi connectivity index (χ1) is 9.49. The molecule has 0 bridgehead atoms. The number of hydrogen-bond acceptors (Lipinski definition) is 2. The van der Waals surface area contributed by atoms with E-state index in [1.165, 1.54) is 30.3 Å². The molecule has 0 atom stereocenters. The van der Waals surface area contributed by atoms with Gasteiger partial charge in [0.05, 0.1) is 16.8 Å². The van der Waals surface area contributed by atoms with Crippen molar-refractivity contribution >= 4 is 17.6 Å². The molecule has 0 saturated carbocycles. The third-order valence-electron chi connectivity index (χ3n) is 2.77. The van der Waals surface area contributed by atoms with Gasteiger partial charge in [-0.15, -0.1) is 0 Å². The monoisotopic (exact) mass is 273 g/mol. The van der Waals surface area contributed by atoms with Crippen molar-refractivity contribution in [3.63, 3.8) is 0 Å². The molecule has 2 rings (SSSR count). The third-order valence-corrected chi connectivity index (χ3v) is 2.77. The fourth-order valence-corrected chi connectivity index (χ4v) is 1.79. The van der Waals surface area contributed by atoms with Gasteiger partial charge in [-0.3, -0.25) is 4.79 Å². The zero-order valence-electron chi connectivity index (χ0n) is 10.7. The van der Waals surface area contributed by atoms with Crippen molar-refractivity contribution in [1.82, 2.24) is 0 Å². The van der Waals surface area contributed by atoms with Crippen LogP contribution in [0.25, 0.3) is 0 Å². The summed E-state index contributed by atoms with van der Waals surface area (Å²) < 4.78 is 13.6. The van der Waals surface area contributed by atoms with E-state index >= 15 is 0 Å². The second kappa shape index (κ2) is 5.52. The van der Waals surface area contributed by atoms with Crippen LogP contribution < -0.4 is 5.32 Å². The molecule has 102 valence electrons. The van der Waals surface area contributed by atoms with Crippen LogP contribution >= 0.6 is 0 Å². The van der Waals surface area contributed by atoms with Crippen LogP contribution in [0.15, 0.2) is 42.5 Å². The van der Waals surface area contributed by atoms with Gasteiger partial charge in [0.2, 0.25) is 0 Å². The lowest BCUT2D eigenvalue weighted by Crippen LogP contribution is -2.17. The van der Waals surface area contributed by atoms with Crippen molar-refractivity contribution in [2.75, 3.05) is 5.32 Å². The first-order valence-electron chi connectivity index (χ1n) is 5.89. The summed E-state index contributed by atoms with van der Waals surface area (Å²) in [7, 11) is 0. The molecule has 20 heavy (non-hydrogen) atoms. The van der Waals surface area contributed by atoms with Crippen molar-refractivity contribution in [2.24, 2.45) is 0 Å². The molecule has 0 aliphatic heterocycles. The standard InChI is InChI=1S/C15H12FNO3/c1-9-6-7-12(16)13(8-9)17-14(18)10-4-2-3-5-11(10)15(19)20/h2-8H,1H3,(H,17,18)(H,19,20). The van der Waals surface area contributed by atoms with Crippen molar-refractivity contribution < 1.29 is 19.1 Å². The van der Waals surface area contributed by atoms with Gasteiger partial charge in [-0.2, -0.15) is 0 Å². The zero-order valence-corrected chi connectivity index (χ0v) is 10.7. The number of aromatic carboxylic acids is 1. The summed E-state index contributed by atoms with van der Waals surface area (Å²) in [4.78, 5) is 23.1. The van der Waals surface area contributed by atoms with Crippen LogP contribution in [0.4, 0.5) is 10.1 Å². The molecule has 5 heteroatoms. The molecular weight excluding hydrogens is 261 g/mol. The first kappa shape index (κ1) is 13.7. The van der Waals surface area contributed by atoms with E-state index in [0.717, 1.165) is 5.56 Å². The summed E-state index contributed by atoms with van der Waals surface area (Å²) in [6, 6.07) is 10.1. The van der Waals surface area contributed by atoms with Crippen molar-refractivity contribution in [3.8, 4) is 0 Å². The highest BCUT2D eigenvalue weighted by Crippen LogP contribution is 2.18. The highest BCUT2D eigenvalue weighted by Gasteiger charge is 2.16. The Morgan fingerprint density at radius 2 is 1.75 bits per heavy atom. The number of amides is 1. The van der Waals surface area contributed by atoms with Gasteiger partial charge >= 0.3 is 5.97 Å². The molecule has 4 nitrogen and oxygen atoms in total. The van der Waals surface area contributed by atoms with E-state index in [1.54, 1.807) is 19.1 Å². The number of halogens is 1. The Labute approximate surface area is 114 Å². The number of nitrogens with one attached hydrogen (secondary N) is 1. The quantitative estimate of drug-likeness (QED) is 0.903. The maximum atomic E-state index is 13.6. The predicted octanol–water partition coefficient (Wildman–Crippen LogP) is 3.08. The van der Waals surface area contributed by atoms with Crippen LogP contribution in [-0.2, 0) is 0 Å². The Kier molecular flexibility index (Phi) is 3.79. The number of anilines is 1. The van der Waals surface area contributed by atoms with E-state index in [0.29, 0.717) is 0 Å². The molecule has 0 aliphatic carbocycles. The van der Waals surface area contributed by atoms with Gasteiger partial charge in [0.1, 0.15) is 5.82 Å². The molecule has 0 spiro atoms. The molecule has 0 aromatic heterocycles. The summed E-state index contributed by atoms with van der Waals surface area (Å²) in [5.41, 5.74) is 0.669. The lowest BCUT2D eigenvalue weighted by Gasteiger charge is -2.09. The molecule has 0 aliphatic rings. The molecule has 2 N–H and O–H groups in total. The van der Waals surface area contributed by atoms with Gasteiger partial charge in [0.25, 0.3) is 5.91 Å². The van der Waals surface area contributed by atoms with Crippen LogP contribution in [-0.4, -0.2) is 17.0 Å². The average Bonchev–Trinajstić information content (AvgIpc) is 2.42. The van der Waals surface area contributed by atoms with E-state index in [-0.39, 0.29) is 16.8 Å². The number of carboxylic acid groups (broad SMARTS) is 1. The van der Waals surface area contributed by atoms with Gasteiger partial charge in [-0.25, -0.2) is 9.18 Å². The SMILES string of the molecule is Cc1ccc(F)c(NC(=O)c2ccccc2C(=O)O)c1. The highest BCUT2D eigenvalue weighted by atomic mass is 19.1. The second-order valence-electron chi connectivity index (χ2n) is 4.29. The van der Waals surface area contributed by atoms with E-state index in [9.17, 15) is 14.0 Å². The summed E-state index contributed by atoms with van der Waals surface area (Å²) in [5.74, 6) is -2.44. The highest BCUT2D eigenvalue weighted by molar-refractivity contribution is 6.10. The van der Waals surface area contributed by atoms with Crippen LogP contribution in [0.2, 0.25) is 0 Å². The Morgan fingerprint density at radius 1 is 1.10 bits per heavy atom. The summed E-state index contributed by atoms with van der Waals surface area (Å²) in [5, 5.41) is 11.4. The van der Waals surface area contributed by atoms with Crippen LogP contribution in [0.3, 0.4) is 0 Å². The minimum absolute atomic E-state index is 0.0130. The predicted molar refractivity (Wildman–Crippen MR) is 72.5 cm³/mol. The van der Waals surface area contributed by atoms with Gasteiger partial charge in [-0.1, -0.05) is 18.2 Å². The zero-order chi connectivity index (χ0) is 14.7. The number of carbonyl (C=O) groups excluding carboxylic acids is 1. The minimum Gasteiger partial charge on any atom is -0.478 e. The molecule has 1 amide bonds. The van der Waals surface area contributed by atoms with Gasteiger partial charge in [0, 0.05) is 0 Å². The summed E-state index contributed by atoms with van der Waals surface area (Å²) in [6.07, 6.45) is 0. The van der Waals surface area contributed by atoms with Gasteiger partial charge in [0.15, 0.2) is 0 Å². The average molecular weight is 273 g/mol. The molecular formula is C15H12FNO3. The smallest absolute Gasteiger partial charge is 0.336 e. The van der Waals surface area contributed by atoms with Crippen molar-refractivity contribution in [3.05, 3.63) is 65.0 Å². The fraction of sp³-hybridized carbons (Fsp3) is 0.0667. The second-order valence-corrected chi connectivity index (χ2v) is 4.29. The third kappa shape index (κ3) is 2.83. The Bertz CT molecular complexity index is 683. The number of hydrogen-bond donors (Lipinski definition) is 2. The minimum atomic E-state index is -1.21. The Hall–Kier alpha value is -2.69. The van der Waals surface area contributed by atoms with Crippen molar-refractivity contribution in [1.29, 1.82) is 0 Å². The van der Waals surface area contributed by atoms with E-state index < -0.39 is 17.7 Å². The van der Waals surface area contributed by atoms with E-state index in [2.05, 4.69) is 5.32 Å². The maximum absolute atomic E-state index is 13.6. The van der Waals surface area contributed by atoms with Crippen LogP contribution in [0, 0.1) is 12.7 Å². The first-order valence-corrected chi connectivity index (χ1v) is 5.89. The lowest BCUT2D eigenvalue weighted by atomic mass is 10.1. The van der Waals surface area contributed by atoms with Gasteiger partial charge in [-0.05, 0) is 36.8 Å². The molecule has 2 aromatic rings.